The number of nitrogens with zero attached hydrogens (tertiary/aromatic N) is 1. The van der Waals surface area contributed by atoms with E-state index in [2.05, 4.69) is 15.6 Å². The number of anilines is 2. The van der Waals surface area contributed by atoms with Gasteiger partial charge in [0.05, 0.1) is 18.4 Å². The first-order valence-corrected chi connectivity index (χ1v) is 7.64. The highest BCUT2D eigenvalue weighted by molar-refractivity contribution is 6.05. The third kappa shape index (κ3) is 5.31. The fourth-order valence-electron chi connectivity index (χ4n) is 2.00. The van der Waals surface area contributed by atoms with Gasteiger partial charge in [0.25, 0.3) is 5.91 Å². The van der Waals surface area contributed by atoms with E-state index in [0.717, 1.165) is 0 Å². The molecule has 0 fully saturated rings. The highest BCUT2D eigenvalue weighted by Gasteiger charge is 2.11. The molecule has 0 saturated carbocycles. The van der Waals surface area contributed by atoms with Crippen molar-refractivity contribution >= 4 is 23.2 Å². The van der Waals surface area contributed by atoms with E-state index < -0.39 is 0 Å². The van der Waals surface area contributed by atoms with E-state index in [1.807, 2.05) is 13.0 Å². The molecule has 0 atom stereocenters. The predicted molar refractivity (Wildman–Crippen MR) is 97.8 cm³/mol. The molecule has 1 aromatic heterocycles. The Labute approximate surface area is 146 Å². The van der Waals surface area contributed by atoms with E-state index in [1.54, 1.807) is 48.7 Å². The SMILES string of the molecule is C/C=C/C=C/C(=O)Nc1ccc(NC(=O)c2cccnc2)c(OC)c1. The van der Waals surface area contributed by atoms with Crippen molar-refractivity contribution in [2.24, 2.45) is 0 Å². The van der Waals surface area contributed by atoms with Crippen LogP contribution in [0.3, 0.4) is 0 Å². The lowest BCUT2D eigenvalue weighted by Crippen LogP contribution is -2.13. The number of carbonyl (C=O) groups excluding carboxylic acids is 2. The normalized spacial score (nSPS) is 10.8. The molecule has 25 heavy (non-hydrogen) atoms. The molecule has 6 heteroatoms. The lowest BCUT2D eigenvalue weighted by molar-refractivity contribution is -0.111. The zero-order valence-electron chi connectivity index (χ0n) is 14.0. The number of hydrogen-bond acceptors (Lipinski definition) is 4. The Morgan fingerprint density at radius 3 is 2.68 bits per heavy atom. The summed E-state index contributed by atoms with van der Waals surface area (Å²) in [6, 6.07) is 8.34. The van der Waals surface area contributed by atoms with Crippen LogP contribution in [0.2, 0.25) is 0 Å². The first-order valence-electron chi connectivity index (χ1n) is 7.64. The van der Waals surface area contributed by atoms with Crippen LogP contribution >= 0.6 is 0 Å². The minimum atomic E-state index is -0.294. The van der Waals surface area contributed by atoms with E-state index in [1.165, 1.54) is 19.4 Å². The van der Waals surface area contributed by atoms with Crippen LogP contribution in [0.4, 0.5) is 11.4 Å². The summed E-state index contributed by atoms with van der Waals surface area (Å²) in [6.45, 7) is 1.87. The molecule has 0 unspecified atom stereocenters. The second kappa shape index (κ2) is 9.02. The van der Waals surface area contributed by atoms with Crippen LogP contribution < -0.4 is 15.4 Å². The highest BCUT2D eigenvalue weighted by Crippen LogP contribution is 2.28. The molecular weight excluding hydrogens is 318 g/mol. The quantitative estimate of drug-likeness (QED) is 0.625. The van der Waals surface area contributed by atoms with Gasteiger partial charge in [-0.25, -0.2) is 0 Å². The third-order valence-corrected chi connectivity index (χ3v) is 3.19. The highest BCUT2D eigenvalue weighted by atomic mass is 16.5. The molecule has 6 nitrogen and oxygen atoms in total. The fourth-order valence-corrected chi connectivity index (χ4v) is 2.00. The maximum atomic E-state index is 12.2. The van der Waals surface area contributed by atoms with Gasteiger partial charge in [-0.2, -0.15) is 0 Å². The summed E-state index contributed by atoms with van der Waals surface area (Å²) in [5.74, 6) is -0.114. The number of allylic oxidation sites excluding steroid dienone is 3. The van der Waals surface area contributed by atoms with Crippen molar-refractivity contribution < 1.29 is 14.3 Å². The van der Waals surface area contributed by atoms with Gasteiger partial charge in [-0.05, 0) is 31.2 Å². The van der Waals surface area contributed by atoms with Gasteiger partial charge in [0.2, 0.25) is 5.91 Å². The topological polar surface area (TPSA) is 80.3 Å². The molecule has 0 saturated heterocycles. The van der Waals surface area contributed by atoms with Gasteiger partial charge in [-0.15, -0.1) is 0 Å². The van der Waals surface area contributed by atoms with E-state index in [0.29, 0.717) is 22.7 Å². The Balaban J connectivity index is 2.11. The van der Waals surface area contributed by atoms with Crippen LogP contribution in [0.5, 0.6) is 5.75 Å². The molecule has 0 aliphatic carbocycles. The van der Waals surface area contributed by atoms with Crippen molar-refractivity contribution in [3.8, 4) is 5.75 Å². The molecule has 2 rings (SSSR count). The van der Waals surface area contributed by atoms with Gasteiger partial charge < -0.3 is 15.4 Å². The summed E-state index contributed by atoms with van der Waals surface area (Å²) in [5.41, 5.74) is 1.50. The number of carbonyl (C=O) groups is 2. The molecular formula is C19H19N3O3. The second-order valence-electron chi connectivity index (χ2n) is 4.99. The average Bonchev–Trinajstić information content (AvgIpc) is 2.63. The Kier molecular flexibility index (Phi) is 6.47. The van der Waals surface area contributed by atoms with Crippen LogP contribution in [0.15, 0.2) is 67.0 Å². The molecule has 128 valence electrons. The summed E-state index contributed by atoms with van der Waals surface area (Å²) >= 11 is 0. The van der Waals surface area contributed by atoms with Crippen LogP contribution in [-0.4, -0.2) is 23.9 Å². The number of methoxy groups -OCH3 is 1. The summed E-state index contributed by atoms with van der Waals surface area (Å²) < 4.78 is 5.29. The van der Waals surface area contributed by atoms with Gasteiger partial charge in [0, 0.05) is 30.2 Å². The van der Waals surface area contributed by atoms with Crippen LogP contribution in [-0.2, 0) is 4.79 Å². The lowest BCUT2D eigenvalue weighted by Gasteiger charge is -2.12. The van der Waals surface area contributed by atoms with Crippen molar-refractivity contribution in [3.05, 3.63) is 72.6 Å². The molecule has 0 aliphatic rings. The van der Waals surface area contributed by atoms with Crippen molar-refractivity contribution in [1.29, 1.82) is 0 Å². The molecule has 2 amide bonds. The van der Waals surface area contributed by atoms with Crippen molar-refractivity contribution in [2.45, 2.75) is 6.92 Å². The number of ether oxygens (including phenoxy) is 1. The standard InChI is InChI=1S/C19H19N3O3/c1-3-4-5-8-18(23)21-15-9-10-16(17(12-15)25-2)22-19(24)14-7-6-11-20-13-14/h3-13H,1-2H3,(H,21,23)(H,22,24)/b4-3+,8-5+. The van der Waals surface area contributed by atoms with Gasteiger partial charge in [0.15, 0.2) is 0 Å². The number of benzene rings is 1. The minimum absolute atomic E-state index is 0.257. The first-order chi connectivity index (χ1) is 12.1. The number of aromatic nitrogens is 1. The first kappa shape index (κ1) is 17.9. The van der Waals surface area contributed by atoms with Gasteiger partial charge in [-0.1, -0.05) is 18.2 Å². The van der Waals surface area contributed by atoms with Crippen LogP contribution in [0.25, 0.3) is 0 Å². The maximum absolute atomic E-state index is 12.2. The van der Waals surface area contributed by atoms with Crippen molar-refractivity contribution in [1.82, 2.24) is 4.98 Å². The van der Waals surface area contributed by atoms with Crippen LogP contribution in [0.1, 0.15) is 17.3 Å². The molecule has 2 aromatic rings. The minimum Gasteiger partial charge on any atom is -0.494 e. The third-order valence-electron chi connectivity index (χ3n) is 3.19. The Morgan fingerprint density at radius 1 is 1.16 bits per heavy atom. The summed E-state index contributed by atoms with van der Waals surface area (Å²) in [4.78, 5) is 27.9. The van der Waals surface area contributed by atoms with Crippen LogP contribution in [0, 0.1) is 0 Å². The molecule has 0 bridgehead atoms. The maximum Gasteiger partial charge on any atom is 0.257 e. The Hall–Kier alpha value is -3.41. The molecule has 0 radical (unpaired) electrons. The molecule has 1 aromatic carbocycles. The number of amides is 2. The number of nitrogens with one attached hydrogen (secondary N) is 2. The van der Waals surface area contributed by atoms with E-state index in [4.69, 9.17) is 4.74 Å². The predicted octanol–water partition coefficient (Wildman–Crippen LogP) is 3.41. The fraction of sp³-hybridized carbons (Fsp3) is 0.105. The number of pyridine rings is 1. The summed E-state index contributed by atoms with van der Waals surface area (Å²) in [7, 11) is 1.49. The molecule has 1 heterocycles. The Bertz CT molecular complexity index is 799. The summed E-state index contributed by atoms with van der Waals surface area (Å²) in [6.07, 6.45) is 9.73. The molecule has 2 N–H and O–H groups in total. The smallest absolute Gasteiger partial charge is 0.257 e. The average molecular weight is 337 g/mol. The van der Waals surface area contributed by atoms with E-state index in [-0.39, 0.29) is 11.8 Å². The van der Waals surface area contributed by atoms with Gasteiger partial charge >= 0.3 is 0 Å². The van der Waals surface area contributed by atoms with Crippen molar-refractivity contribution in [3.63, 3.8) is 0 Å². The van der Waals surface area contributed by atoms with Gasteiger partial charge in [-0.3, -0.25) is 14.6 Å². The van der Waals surface area contributed by atoms with E-state index >= 15 is 0 Å². The monoisotopic (exact) mass is 337 g/mol. The zero-order chi connectivity index (χ0) is 18.1. The number of rotatable bonds is 6. The van der Waals surface area contributed by atoms with Crippen molar-refractivity contribution in [2.75, 3.05) is 17.7 Å². The zero-order valence-corrected chi connectivity index (χ0v) is 14.0. The van der Waals surface area contributed by atoms with Gasteiger partial charge in [0.1, 0.15) is 5.75 Å². The largest absolute Gasteiger partial charge is 0.494 e. The molecule has 0 aliphatic heterocycles. The molecule has 0 spiro atoms. The number of hydrogen-bond donors (Lipinski definition) is 2. The second-order valence-corrected chi connectivity index (χ2v) is 4.99. The Morgan fingerprint density at radius 2 is 2.00 bits per heavy atom. The summed E-state index contributed by atoms with van der Waals surface area (Å²) in [5, 5.41) is 5.49. The van der Waals surface area contributed by atoms with E-state index in [9.17, 15) is 9.59 Å². The lowest BCUT2D eigenvalue weighted by atomic mass is 10.2.